The largest absolute Gasteiger partial charge is 0.357 e. The van der Waals surface area contributed by atoms with Crippen molar-refractivity contribution < 1.29 is 0 Å². The van der Waals surface area contributed by atoms with E-state index in [1.54, 1.807) is 11.3 Å². The van der Waals surface area contributed by atoms with Crippen molar-refractivity contribution >= 4 is 28.6 Å². The fourth-order valence-corrected chi connectivity index (χ4v) is 4.51. The first-order chi connectivity index (χ1) is 12.3. The summed E-state index contributed by atoms with van der Waals surface area (Å²) < 4.78 is 0. The molecule has 1 aliphatic heterocycles. The fraction of sp³-hybridized carbons (Fsp3) is 0.526. The van der Waals surface area contributed by atoms with Crippen molar-refractivity contribution in [2.75, 3.05) is 26.2 Å². The Balaban J connectivity index is 1.40. The van der Waals surface area contributed by atoms with Gasteiger partial charge in [0.1, 0.15) is 0 Å². The molecule has 25 heavy (non-hydrogen) atoms. The molecule has 6 heteroatoms. The first-order valence-electron chi connectivity index (χ1n) is 9.11. The predicted molar refractivity (Wildman–Crippen MR) is 109 cm³/mol. The monoisotopic (exact) mass is 376 g/mol. The van der Waals surface area contributed by atoms with Gasteiger partial charge in [-0.15, -0.1) is 11.3 Å². The highest BCUT2D eigenvalue weighted by molar-refractivity contribution is 7.09. The van der Waals surface area contributed by atoms with E-state index in [9.17, 15) is 0 Å². The third-order valence-corrected chi connectivity index (χ3v) is 6.16. The number of likely N-dealkylation sites (tertiary alicyclic amines) is 1. The van der Waals surface area contributed by atoms with Crippen LogP contribution in [-0.2, 0) is 13.1 Å². The molecule has 2 aromatic rings. The summed E-state index contributed by atoms with van der Waals surface area (Å²) in [5.74, 6) is 1.68. The Morgan fingerprint density at radius 1 is 1.24 bits per heavy atom. The van der Waals surface area contributed by atoms with E-state index in [4.69, 9.17) is 4.99 Å². The van der Waals surface area contributed by atoms with Crippen LogP contribution < -0.4 is 10.6 Å². The van der Waals surface area contributed by atoms with E-state index in [-0.39, 0.29) is 0 Å². The van der Waals surface area contributed by atoms with Gasteiger partial charge in [0.25, 0.3) is 0 Å². The SMILES string of the molecule is CCNC(=NCc1ccsc1)NCC1CCN(Cc2cccs2)CC1. The van der Waals surface area contributed by atoms with E-state index >= 15 is 0 Å². The van der Waals surface area contributed by atoms with Gasteiger partial charge in [0.2, 0.25) is 0 Å². The molecule has 2 N–H and O–H groups in total. The first kappa shape index (κ1) is 18.4. The number of hydrogen-bond donors (Lipinski definition) is 2. The van der Waals surface area contributed by atoms with E-state index in [0.717, 1.165) is 38.1 Å². The highest BCUT2D eigenvalue weighted by Gasteiger charge is 2.19. The third kappa shape index (κ3) is 6.13. The van der Waals surface area contributed by atoms with Crippen molar-refractivity contribution in [3.05, 3.63) is 44.8 Å². The van der Waals surface area contributed by atoms with Crippen LogP contribution >= 0.6 is 22.7 Å². The van der Waals surface area contributed by atoms with Gasteiger partial charge in [-0.05, 0) is 72.6 Å². The highest BCUT2D eigenvalue weighted by Crippen LogP contribution is 2.20. The zero-order valence-electron chi connectivity index (χ0n) is 14.9. The van der Waals surface area contributed by atoms with Gasteiger partial charge in [0.05, 0.1) is 6.54 Å². The van der Waals surface area contributed by atoms with Crippen molar-refractivity contribution in [1.29, 1.82) is 0 Å². The second-order valence-corrected chi connectivity index (χ2v) is 8.32. The van der Waals surface area contributed by atoms with E-state index in [0.29, 0.717) is 0 Å². The molecule has 1 fully saturated rings. The number of hydrogen-bond acceptors (Lipinski definition) is 4. The lowest BCUT2D eigenvalue weighted by molar-refractivity contribution is 0.179. The number of nitrogens with one attached hydrogen (secondary N) is 2. The van der Waals surface area contributed by atoms with Crippen molar-refractivity contribution in [3.8, 4) is 0 Å². The maximum Gasteiger partial charge on any atom is 0.191 e. The maximum atomic E-state index is 4.70. The molecule has 0 atom stereocenters. The molecule has 2 aromatic heterocycles. The Bertz CT molecular complexity index is 614. The van der Waals surface area contributed by atoms with Gasteiger partial charge in [0, 0.05) is 24.5 Å². The van der Waals surface area contributed by atoms with Crippen LogP contribution in [-0.4, -0.2) is 37.0 Å². The minimum Gasteiger partial charge on any atom is -0.357 e. The maximum absolute atomic E-state index is 4.70. The molecule has 0 aliphatic carbocycles. The molecule has 136 valence electrons. The predicted octanol–water partition coefficient (Wildman–Crippen LogP) is 3.78. The zero-order chi connectivity index (χ0) is 17.3. The van der Waals surface area contributed by atoms with Gasteiger partial charge in [-0.3, -0.25) is 4.90 Å². The van der Waals surface area contributed by atoms with Crippen LogP contribution in [0.3, 0.4) is 0 Å². The minimum atomic E-state index is 0.740. The summed E-state index contributed by atoms with van der Waals surface area (Å²) in [6, 6.07) is 6.53. The topological polar surface area (TPSA) is 39.7 Å². The van der Waals surface area contributed by atoms with Gasteiger partial charge in [0.15, 0.2) is 5.96 Å². The van der Waals surface area contributed by atoms with Crippen LogP contribution in [0.1, 0.15) is 30.2 Å². The van der Waals surface area contributed by atoms with Crippen molar-refractivity contribution in [3.63, 3.8) is 0 Å². The molecule has 1 aliphatic rings. The number of piperidine rings is 1. The van der Waals surface area contributed by atoms with Gasteiger partial charge in [-0.25, -0.2) is 4.99 Å². The Kier molecular flexibility index (Phi) is 7.33. The summed E-state index contributed by atoms with van der Waals surface area (Å²) in [6.45, 7) is 8.29. The molecule has 1 saturated heterocycles. The molecular formula is C19H28N4S2. The average Bonchev–Trinajstić information content (AvgIpc) is 3.32. The number of nitrogens with zero attached hydrogens (tertiary/aromatic N) is 2. The van der Waals surface area contributed by atoms with Crippen LogP contribution in [0.5, 0.6) is 0 Å². The molecule has 4 nitrogen and oxygen atoms in total. The van der Waals surface area contributed by atoms with Gasteiger partial charge in [-0.2, -0.15) is 11.3 Å². The zero-order valence-corrected chi connectivity index (χ0v) is 16.5. The van der Waals surface area contributed by atoms with Crippen LogP contribution in [0.2, 0.25) is 0 Å². The summed E-state index contributed by atoms with van der Waals surface area (Å²) in [4.78, 5) is 8.76. The molecule has 0 amide bonds. The molecule has 3 rings (SSSR count). The third-order valence-electron chi connectivity index (χ3n) is 4.57. The standard InChI is InChI=1S/C19H28N4S2/c1-2-20-19(22-13-17-7-11-24-15-17)21-12-16-5-8-23(9-6-16)14-18-4-3-10-25-18/h3-4,7,10-11,15-16H,2,5-6,8-9,12-14H2,1H3,(H2,20,21,22). The van der Waals surface area contributed by atoms with E-state index < -0.39 is 0 Å². The van der Waals surface area contributed by atoms with Crippen molar-refractivity contribution in [1.82, 2.24) is 15.5 Å². The summed E-state index contributed by atoms with van der Waals surface area (Å²) >= 11 is 3.59. The smallest absolute Gasteiger partial charge is 0.191 e. The van der Waals surface area contributed by atoms with Crippen molar-refractivity contribution in [2.24, 2.45) is 10.9 Å². The molecule has 0 aromatic carbocycles. The summed E-state index contributed by atoms with van der Waals surface area (Å²) in [5.41, 5.74) is 1.28. The van der Waals surface area contributed by atoms with Crippen LogP contribution in [0, 0.1) is 5.92 Å². The molecule has 0 saturated carbocycles. The summed E-state index contributed by atoms with van der Waals surface area (Å²) in [5, 5.41) is 13.3. The van der Waals surface area contributed by atoms with Crippen molar-refractivity contribution in [2.45, 2.75) is 32.9 Å². The van der Waals surface area contributed by atoms with Gasteiger partial charge < -0.3 is 10.6 Å². The number of guanidine groups is 1. The molecule has 0 spiro atoms. The molecule has 3 heterocycles. The Hall–Kier alpha value is -1.37. The van der Waals surface area contributed by atoms with E-state index in [1.807, 2.05) is 11.3 Å². The Morgan fingerprint density at radius 2 is 2.12 bits per heavy atom. The lowest BCUT2D eigenvalue weighted by Gasteiger charge is -2.32. The quantitative estimate of drug-likeness (QED) is 0.571. The first-order valence-corrected chi connectivity index (χ1v) is 10.9. The van der Waals surface area contributed by atoms with E-state index in [1.165, 1.54) is 36.4 Å². The second-order valence-electron chi connectivity index (χ2n) is 6.51. The Labute approximate surface area is 159 Å². The average molecular weight is 377 g/mol. The van der Waals surface area contributed by atoms with E-state index in [2.05, 4.69) is 56.8 Å². The molecule has 0 unspecified atom stereocenters. The van der Waals surface area contributed by atoms with Crippen LogP contribution in [0.25, 0.3) is 0 Å². The van der Waals surface area contributed by atoms with Gasteiger partial charge >= 0.3 is 0 Å². The van der Waals surface area contributed by atoms with Gasteiger partial charge in [-0.1, -0.05) is 6.07 Å². The lowest BCUT2D eigenvalue weighted by Crippen LogP contribution is -2.42. The molecule has 0 radical (unpaired) electrons. The summed E-state index contributed by atoms with van der Waals surface area (Å²) in [6.07, 6.45) is 2.53. The second kappa shape index (κ2) is 9.94. The number of thiophene rings is 2. The lowest BCUT2D eigenvalue weighted by atomic mass is 9.97. The minimum absolute atomic E-state index is 0.740. The number of rotatable bonds is 7. The van der Waals surface area contributed by atoms with Crippen LogP contribution in [0.15, 0.2) is 39.3 Å². The Morgan fingerprint density at radius 3 is 2.80 bits per heavy atom. The normalized spacial score (nSPS) is 16.9. The molecule has 0 bridgehead atoms. The fourth-order valence-electron chi connectivity index (χ4n) is 3.11. The number of aliphatic imine (C=N–C) groups is 1. The highest BCUT2D eigenvalue weighted by atomic mass is 32.1. The summed E-state index contributed by atoms with van der Waals surface area (Å²) in [7, 11) is 0. The molecular weight excluding hydrogens is 348 g/mol. The van der Waals surface area contributed by atoms with Crippen LogP contribution in [0.4, 0.5) is 0 Å².